The van der Waals surface area contributed by atoms with Crippen molar-refractivity contribution in [3.8, 4) is 5.88 Å². The molecule has 0 saturated carbocycles. The quantitative estimate of drug-likeness (QED) is 0.862. The van der Waals surface area contributed by atoms with Crippen LogP contribution in [0, 0.1) is 5.92 Å². The van der Waals surface area contributed by atoms with Gasteiger partial charge in [-0.3, -0.25) is 0 Å². The first-order chi connectivity index (χ1) is 12.9. The van der Waals surface area contributed by atoms with Crippen LogP contribution in [0.25, 0.3) is 11.0 Å². The van der Waals surface area contributed by atoms with E-state index in [9.17, 15) is 4.79 Å². The number of para-hydroxylation sites is 2. The Bertz CT molecular complexity index is 803. The van der Waals surface area contributed by atoms with E-state index >= 15 is 0 Å². The number of carbonyl (C=O) groups excluding carboxylic acids is 1. The van der Waals surface area contributed by atoms with E-state index in [0.717, 1.165) is 17.5 Å². The fourth-order valence-corrected chi connectivity index (χ4v) is 3.07. The summed E-state index contributed by atoms with van der Waals surface area (Å²) in [5.74, 6) is 1.49. The molecule has 1 N–H and O–H groups in total. The van der Waals surface area contributed by atoms with Crippen LogP contribution < -0.4 is 10.1 Å². The molecule has 1 fully saturated rings. The Labute approximate surface area is 160 Å². The van der Waals surface area contributed by atoms with Gasteiger partial charge in [-0.25, -0.2) is 14.8 Å². The molecule has 1 aromatic carbocycles. The highest BCUT2D eigenvalue weighted by molar-refractivity contribution is 5.77. The van der Waals surface area contributed by atoms with Crippen LogP contribution in [-0.4, -0.2) is 52.8 Å². The third kappa shape index (κ3) is 4.99. The van der Waals surface area contributed by atoms with Gasteiger partial charge in [0.2, 0.25) is 0 Å². The van der Waals surface area contributed by atoms with E-state index in [1.54, 1.807) is 4.90 Å². The minimum absolute atomic E-state index is 0.245. The Balaban J connectivity index is 1.63. The van der Waals surface area contributed by atoms with E-state index in [-0.39, 0.29) is 6.09 Å². The second kappa shape index (κ2) is 7.98. The predicted octanol–water partition coefficient (Wildman–Crippen LogP) is 3.70. The SMILES string of the molecule is CCOc1nc2ccccc2nc1NC[C@@H]1CCN(C(=O)OC(C)(C)C)C1. The van der Waals surface area contributed by atoms with E-state index in [4.69, 9.17) is 9.47 Å². The van der Waals surface area contributed by atoms with E-state index in [1.165, 1.54) is 0 Å². The van der Waals surface area contributed by atoms with Crippen LogP contribution in [-0.2, 0) is 4.74 Å². The third-order valence-corrected chi connectivity index (χ3v) is 4.32. The number of benzene rings is 1. The maximum Gasteiger partial charge on any atom is 0.410 e. The monoisotopic (exact) mass is 372 g/mol. The number of amides is 1. The maximum absolute atomic E-state index is 12.2. The maximum atomic E-state index is 12.2. The normalized spacial score (nSPS) is 17.2. The van der Waals surface area contributed by atoms with E-state index in [1.807, 2.05) is 52.0 Å². The highest BCUT2D eigenvalue weighted by Gasteiger charge is 2.29. The van der Waals surface area contributed by atoms with E-state index in [0.29, 0.717) is 43.9 Å². The summed E-state index contributed by atoms with van der Waals surface area (Å²) in [5.41, 5.74) is 1.16. The van der Waals surface area contributed by atoms with Crippen LogP contribution in [0.5, 0.6) is 5.88 Å². The van der Waals surface area contributed by atoms with Crippen molar-refractivity contribution in [3.05, 3.63) is 24.3 Å². The van der Waals surface area contributed by atoms with Gasteiger partial charge in [-0.05, 0) is 52.2 Å². The highest BCUT2D eigenvalue weighted by Crippen LogP contribution is 2.25. The van der Waals surface area contributed by atoms with Crippen molar-refractivity contribution in [2.24, 2.45) is 5.92 Å². The molecule has 1 aliphatic rings. The molecule has 1 saturated heterocycles. The standard InChI is InChI=1S/C20H28N4O3/c1-5-26-18-17(22-15-8-6-7-9-16(15)23-18)21-12-14-10-11-24(13-14)19(25)27-20(2,3)4/h6-9,14H,5,10-13H2,1-4H3,(H,21,22)/t14-/m0/s1. The average Bonchev–Trinajstić information content (AvgIpc) is 3.08. The second-order valence-electron chi connectivity index (χ2n) is 7.76. The summed E-state index contributed by atoms with van der Waals surface area (Å²) in [7, 11) is 0. The van der Waals surface area contributed by atoms with Gasteiger partial charge in [0.25, 0.3) is 5.88 Å². The zero-order chi connectivity index (χ0) is 19.4. The number of hydrogen-bond donors (Lipinski definition) is 1. The summed E-state index contributed by atoms with van der Waals surface area (Å²) in [6.07, 6.45) is 0.683. The Morgan fingerprint density at radius 2 is 1.96 bits per heavy atom. The topological polar surface area (TPSA) is 76.6 Å². The molecular weight excluding hydrogens is 344 g/mol. The van der Waals surface area contributed by atoms with Gasteiger partial charge in [-0.15, -0.1) is 0 Å². The molecule has 7 heteroatoms. The first kappa shape index (κ1) is 19.2. The summed E-state index contributed by atoms with van der Waals surface area (Å²) in [6, 6.07) is 7.73. The van der Waals surface area contributed by atoms with Crippen molar-refractivity contribution < 1.29 is 14.3 Å². The van der Waals surface area contributed by atoms with Crippen molar-refractivity contribution in [2.45, 2.75) is 39.7 Å². The molecular formula is C20H28N4O3. The molecule has 1 aliphatic heterocycles. The fourth-order valence-electron chi connectivity index (χ4n) is 3.07. The summed E-state index contributed by atoms with van der Waals surface area (Å²) in [6.45, 7) is 10.2. The molecule has 1 aromatic heterocycles. The molecule has 2 aromatic rings. The number of nitrogens with zero attached hydrogens (tertiary/aromatic N) is 3. The largest absolute Gasteiger partial charge is 0.475 e. The molecule has 0 unspecified atom stereocenters. The van der Waals surface area contributed by atoms with Crippen LogP contribution in [0.3, 0.4) is 0 Å². The summed E-state index contributed by atoms with van der Waals surface area (Å²) in [5, 5.41) is 3.36. The molecule has 0 spiro atoms. The average molecular weight is 372 g/mol. The van der Waals surface area contributed by atoms with Crippen LogP contribution in [0.2, 0.25) is 0 Å². The molecule has 0 aliphatic carbocycles. The summed E-state index contributed by atoms with van der Waals surface area (Å²) in [4.78, 5) is 23.2. The van der Waals surface area contributed by atoms with Gasteiger partial charge in [0, 0.05) is 19.6 Å². The molecule has 27 heavy (non-hydrogen) atoms. The lowest BCUT2D eigenvalue weighted by Crippen LogP contribution is -2.35. The first-order valence-electron chi connectivity index (χ1n) is 9.47. The number of fused-ring (bicyclic) bond motifs is 1. The van der Waals surface area contributed by atoms with Gasteiger partial charge in [0.15, 0.2) is 5.82 Å². The minimum Gasteiger partial charge on any atom is -0.475 e. The lowest BCUT2D eigenvalue weighted by molar-refractivity contribution is 0.0289. The third-order valence-electron chi connectivity index (χ3n) is 4.32. The van der Waals surface area contributed by atoms with Gasteiger partial charge >= 0.3 is 6.09 Å². The van der Waals surface area contributed by atoms with Crippen molar-refractivity contribution in [1.82, 2.24) is 14.9 Å². The van der Waals surface area contributed by atoms with E-state index in [2.05, 4.69) is 15.3 Å². The summed E-state index contributed by atoms with van der Waals surface area (Å²) < 4.78 is 11.1. The van der Waals surface area contributed by atoms with Gasteiger partial charge in [-0.2, -0.15) is 0 Å². The zero-order valence-corrected chi connectivity index (χ0v) is 16.5. The Morgan fingerprint density at radius 1 is 1.26 bits per heavy atom. The summed E-state index contributed by atoms with van der Waals surface area (Å²) >= 11 is 0. The first-order valence-corrected chi connectivity index (χ1v) is 9.47. The molecule has 0 bridgehead atoms. The second-order valence-corrected chi connectivity index (χ2v) is 7.76. The van der Waals surface area contributed by atoms with Crippen LogP contribution in [0.15, 0.2) is 24.3 Å². The smallest absolute Gasteiger partial charge is 0.410 e. The van der Waals surface area contributed by atoms with Gasteiger partial charge in [0.05, 0.1) is 17.6 Å². The number of hydrogen-bond acceptors (Lipinski definition) is 6. The number of nitrogens with one attached hydrogen (secondary N) is 1. The molecule has 1 atom stereocenters. The predicted molar refractivity (Wildman–Crippen MR) is 105 cm³/mol. The molecule has 2 heterocycles. The molecule has 0 radical (unpaired) electrons. The Morgan fingerprint density at radius 3 is 2.63 bits per heavy atom. The molecule has 3 rings (SSSR count). The van der Waals surface area contributed by atoms with Crippen molar-refractivity contribution in [2.75, 3.05) is 31.6 Å². The lowest BCUT2D eigenvalue weighted by Gasteiger charge is -2.24. The van der Waals surface area contributed by atoms with Crippen molar-refractivity contribution in [3.63, 3.8) is 0 Å². The highest BCUT2D eigenvalue weighted by atomic mass is 16.6. The lowest BCUT2D eigenvalue weighted by atomic mass is 10.1. The zero-order valence-electron chi connectivity index (χ0n) is 16.5. The number of ether oxygens (including phenoxy) is 2. The number of likely N-dealkylation sites (tertiary alicyclic amines) is 1. The molecule has 7 nitrogen and oxygen atoms in total. The Kier molecular flexibility index (Phi) is 5.68. The number of carbonyl (C=O) groups is 1. The van der Waals surface area contributed by atoms with E-state index < -0.39 is 5.60 Å². The van der Waals surface area contributed by atoms with Gasteiger partial charge in [-0.1, -0.05) is 12.1 Å². The van der Waals surface area contributed by atoms with Crippen LogP contribution >= 0.6 is 0 Å². The van der Waals surface area contributed by atoms with Crippen molar-refractivity contribution >= 4 is 22.9 Å². The molecule has 146 valence electrons. The minimum atomic E-state index is -0.472. The van der Waals surface area contributed by atoms with Crippen LogP contribution in [0.1, 0.15) is 34.1 Å². The molecule has 1 amide bonds. The fraction of sp³-hybridized carbons (Fsp3) is 0.550. The van der Waals surface area contributed by atoms with Crippen molar-refractivity contribution in [1.29, 1.82) is 0 Å². The van der Waals surface area contributed by atoms with Crippen LogP contribution in [0.4, 0.5) is 10.6 Å². The Hall–Kier alpha value is -2.57. The van der Waals surface area contributed by atoms with Gasteiger partial charge < -0.3 is 19.7 Å². The number of rotatable bonds is 5. The number of anilines is 1. The van der Waals surface area contributed by atoms with Gasteiger partial charge in [0.1, 0.15) is 5.60 Å². The number of aromatic nitrogens is 2.